The summed E-state index contributed by atoms with van der Waals surface area (Å²) in [6, 6.07) is 10.5. The molecule has 0 aromatic heterocycles. The molecule has 0 aliphatic heterocycles. The van der Waals surface area contributed by atoms with Gasteiger partial charge in [0.2, 0.25) is 5.91 Å². The number of carbonyl (C=O) groups excluding carboxylic acids is 1. The summed E-state index contributed by atoms with van der Waals surface area (Å²) in [5.74, 6) is 0.167. The van der Waals surface area contributed by atoms with Crippen LogP contribution >= 0.6 is 0 Å². The third-order valence-electron chi connectivity index (χ3n) is 3.09. The van der Waals surface area contributed by atoms with Gasteiger partial charge in [-0.25, -0.2) is 0 Å². The third kappa shape index (κ3) is 5.82. The normalized spacial score (nSPS) is 10.3. The van der Waals surface area contributed by atoms with E-state index in [1.807, 2.05) is 20.0 Å². The minimum absolute atomic E-state index is 0.167. The van der Waals surface area contributed by atoms with Crippen molar-refractivity contribution in [2.45, 2.75) is 26.2 Å². The van der Waals surface area contributed by atoms with Gasteiger partial charge in [-0.1, -0.05) is 30.3 Å². The Balaban J connectivity index is 2.01. The second kappa shape index (κ2) is 8.70. The van der Waals surface area contributed by atoms with Crippen LogP contribution in [0.1, 0.15) is 25.3 Å². The first-order valence-corrected chi connectivity index (χ1v) is 6.72. The van der Waals surface area contributed by atoms with Crippen LogP contribution in [-0.4, -0.2) is 37.5 Å². The Morgan fingerprint density at radius 3 is 2.61 bits per heavy atom. The number of benzene rings is 1. The maximum Gasteiger partial charge on any atom is 0.236 e. The van der Waals surface area contributed by atoms with E-state index in [-0.39, 0.29) is 5.91 Å². The molecule has 0 aliphatic rings. The smallest absolute Gasteiger partial charge is 0.236 e. The average Bonchev–Trinajstić information content (AvgIpc) is 2.42. The molecule has 0 radical (unpaired) electrons. The summed E-state index contributed by atoms with van der Waals surface area (Å²) in [4.78, 5) is 13.2. The Kier molecular flexibility index (Phi) is 7.11. The lowest BCUT2D eigenvalue weighted by Gasteiger charge is -2.14. The first-order chi connectivity index (χ1) is 8.74. The molecule has 3 nitrogen and oxygen atoms in total. The number of carbonyl (C=O) groups is 1. The van der Waals surface area contributed by atoms with Crippen molar-refractivity contribution in [3.8, 4) is 0 Å². The highest BCUT2D eigenvalue weighted by atomic mass is 16.2. The van der Waals surface area contributed by atoms with Crippen LogP contribution in [0, 0.1) is 0 Å². The van der Waals surface area contributed by atoms with E-state index < -0.39 is 0 Å². The van der Waals surface area contributed by atoms with Crippen molar-refractivity contribution >= 4 is 5.91 Å². The standard InChI is InChI=1S/C15H24N2O/c1-3-17(2)15(18)13-16-12-8-7-11-14-9-5-4-6-10-14/h4-6,9-10,16H,3,7-8,11-13H2,1-2H3. The number of aryl methyl sites for hydroxylation is 1. The van der Waals surface area contributed by atoms with E-state index in [1.54, 1.807) is 4.90 Å². The lowest BCUT2D eigenvalue weighted by Crippen LogP contribution is -2.35. The summed E-state index contributed by atoms with van der Waals surface area (Å²) in [7, 11) is 1.83. The molecule has 1 rings (SSSR count). The molecule has 0 aliphatic carbocycles. The highest BCUT2D eigenvalue weighted by Crippen LogP contribution is 2.03. The largest absolute Gasteiger partial charge is 0.345 e. The zero-order chi connectivity index (χ0) is 13.2. The number of hydrogen-bond donors (Lipinski definition) is 1. The van der Waals surface area contributed by atoms with E-state index in [1.165, 1.54) is 5.56 Å². The van der Waals surface area contributed by atoms with E-state index in [9.17, 15) is 4.79 Å². The quantitative estimate of drug-likeness (QED) is 0.714. The molecule has 0 bridgehead atoms. The maximum absolute atomic E-state index is 11.5. The van der Waals surface area contributed by atoms with Gasteiger partial charge in [-0.3, -0.25) is 4.79 Å². The zero-order valence-corrected chi connectivity index (χ0v) is 11.5. The lowest BCUT2D eigenvalue weighted by atomic mass is 10.1. The van der Waals surface area contributed by atoms with E-state index >= 15 is 0 Å². The van der Waals surface area contributed by atoms with Gasteiger partial charge in [-0.15, -0.1) is 0 Å². The number of rotatable bonds is 8. The molecular weight excluding hydrogens is 224 g/mol. The minimum atomic E-state index is 0.167. The Morgan fingerprint density at radius 1 is 1.22 bits per heavy atom. The molecule has 18 heavy (non-hydrogen) atoms. The number of nitrogens with one attached hydrogen (secondary N) is 1. The predicted octanol–water partition coefficient (Wildman–Crippen LogP) is 2.08. The van der Waals surface area contributed by atoms with Gasteiger partial charge in [0, 0.05) is 13.6 Å². The average molecular weight is 248 g/mol. The Hall–Kier alpha value is -1.35. The SMILES string of the molecule is CCN(C)C(=O)CNCCCCc1ccccc1. The van der Waals surface area contributed by atoms with Crippen LogP contribution in [0.4, 0.5) is 0 Å². The van der Waals surface area contributed by atoms with Gasteiger partial charge in [-0.05, 0) is 38.3 Å². The van der Waals surface area contributed by atoms with Gasteiger partial charge in [-0.2, -0.15) is 0 Å². The van der Waals surface area contributed by atoms with Gasteiger partial charge in [0.15, 0.2) is 0 Å². The summed E-state index contributed by atoms with van der Waals surface area (Å²) in [5, 5.41) is 3.20. The summed E-state index contributed by atoms with van der Waals surface area (Å²) >= 11 is 0. The summed E-state index contributed by atoms with van der Waals surface area (Å²) in [6.45, 7) is 4.12. The van der Waals surface area contributed by atoms with Crippen molar-refractivity contribution < 1.29 is 4.79 Å². The van der Waals surface area contributed by atoms with Crippen LogP contribution in [0.15, 0.2) is 30.3 Å². The molecule has 1 aromatic carbocycles. The second-order valence-corrected chi connectivity index (χ2v) is 4.53. The summed E-state index contributed by atoms with van der Waals surface area (Å²) < 4.78 is 0. The van der Waals surface area contributed by atoms with Gasteiger partial charge in [0.1, 0.15) is 0 Å². The molecule has 1 amide bonds. The summed E-state index contributed by atoms with van der Waals surface area (Å²) in [6.07, 6.45) is 3.39. The van der Waals surface area contributed by atoms with Gasteiger partial charge < -0.3 is 10.2 Å². The van der Waals surface area contributed by atoms with E-state index in [4.69, 9.17) is 0 Å². The molecule has 1 aromatic rings. The van der Waals surface area contributed by atoms with Crippen LogP contribution in [0.2, 0.25) is 0 Å². The Labute approximate surface area is 110 Å². The fourth-order valence-electron chi connectivity index (χ4n) is 1.73. The van der Waals surface area contributed by atoms with Crippen LogP contribution in [0.5, 0.6) is 0 Å². The van der Waals surface area contributed by atoms with E-state index in [0.717, 1.165) is 32.4 Å². The first-order valence-electron chi connectivity index (χ1n) is 6.72. The molecular formula is C15H24N2O. The van der Waals surface area contributed by atoms with Crippen LogP contribution in [0.3, 0.4) is 0 Å². The number of likely N-dealkylation sites (N-methyl/N-ethyl adjacent to an activating group) is 1. The van der Waals surface area contributed by atoms with Crippen molar-refractivity contribution in [1.82, 2.24) is 10.2 Å². The van der Waals surface area contributed by atoms with Gasteiger partial charge >= 0.3 is 0 Å². The summed E-state index contributed by atoms with van der Waals surface area (Å²) in [5.41, 5.74) is 1.39. The van der Waals surface area contributed by atoms with Crippen molar-refractivity contribution in [3.05, 3.63) is 35.9 Å². The van der Waals surface area contributed by atoms with Crippen molar-refractivity contribution in [1.29, 1.82) is 0 Å². The fourth-order valence-corrected chi connectivity index (χ4v) is 1.73. The highest BCUT2D eigenvalue weighted by molar-refractivity contribution is 5.77. The van der Waals surface area contributed by atoms with Crippen LogP contribution in [0.25, 0.3) is 0 Å². The van der Waals surface area contributed by atoms with Crippen LogP contribution < -0.4 is 5.32 Å². The Morgan fingerprint density at radius 2 is 1.94 bits per heavy atom. The van der Waals surface area contributed by atoms with Gasteiger partial charge in [0.05, 0.1) is 6.54 Å². The van der Waals surface area contributed by atoms with E-state index in [2.05, 4.69) is 29.6 Å². The molecule has 0 saturated heterocycles. The second-order valence-electron chi connectivity index (χ2n) is 4.53. The molecule has 0 fully saturated rings. The number of nitrogens with zero attached hydrogens (tertiary/aromatic N) is 1. The minimum Gasteiger partial charge on any atom is -0.345 e. The van der Waals surface area contributed by atoms with E-state index in [0.29, 0.717) is 6.54 Å². The predicted molar refractivity (Wildman–Crippen MR) is 75.6 cm³/mol. The fraction of sp³-hybridized carbons (Fsp3) is 0.533. The lowest BCUT2D eigenvalue weighted by molar-refractivity contribution is -0.128. The van der Waals surface area contributed by atoms with Crippen molar-refractivity contribution in [2.75, 3.05) is 26.7 Å². The highest BCUT2D eigenvalue weighted by Gasteiger charge is 2.04. The molecule has 0 saturated carbocycles. The monoisotopic (exact) mass is 248 g/mol. The maximum atomic E-state index is 11.5. The van der Waals surface area contributed by atoms with Crippen LogP contribution in [-0.2, 0) is 11.2 Å². The Bertz CT molecular complexity index is 338. The molecule has 0 atom stereocenters. The van der Waals surface area contributed by atoms with Crippen molar-refractivity contribution in [3.63, 3.8) is 0 Å². The number of unbranched alkanes of at least 4 members (excludes halogenated alkanes) is 1. The first kappa shape index (κ1) is 14.7. The molecule has 0 unspecified atom stereocenters. The molecule has 3 heteroatoms. The molecule has 1 N–H and O–H groups in total. The van der Waals surface area contributed by atoms with Gasteiger partial charge in [0.25, 0.3) is 0 Å². The molecule has 0 heterocycles. The number of amides is 1. The molecule has 100 valence electrons. The van der Waals surface area contributed by atoms with Crippen molar-refractivity contribution in [2.24, 2.45) is 0 Å². The zero-order valence-electron chi connectivity index (χ0n) is 11.5. The topological polar surface area (TPSA) is 32.3 Å². The number of hydrogen-bond acceptors (Lipinski definition) is 2. The third-order valence-corrected chi connectivity index (χ3v) is 3.09. The molecule has 0 spiro atoms.